The van der Waals surface area contributed by atoms with Crippen LogP contribution in [0.4, 0.5) is 0 Å². The molecule has 3 rings (SSSR count). The predicted molar refractivity (Wildman–Crippen MR) is 90.1 cm³/mol. The van der Waals surface area contributed by atoms with Crippen molar-refractivity contribution >= 4 is 17.2 Å². The van der Waals surface area contributed by atoms with Gasteiger partial charge in [0.25, 0.3) is 0 Å². The molecular formula is C16H23N5OS. The van der Waals surface area contributed by atoms with Gasteiger partial charge in [0.1, 0.15) is 12.7 Å². The molecule has 0 unspecified atom stereocenters. The molecular weight excluding hydrogens is 310 g/mol. The summed E-state index contributed by atoms with van der Waals surface area (Å²) in [5.74, 6) is 0.0987. The Morgan fingerprint density at radius 3 is 3.09 bits per heavy atom. The van der Waals surface area contributed by atoms with Gasteiger partial charge in [-0.15, -0.1) is 11.3 Å². The standard InChI is InChI=1S/C16H23N5OS/c1-13-5-6-15(23-13)8-18-16(22)10-20-7-3-2-4-14(20)9-21-12-17-11-19-21/h5-6,11-12,14H,2-4,7-10H2,1H3,(H,18,22)/t14-/m0/s1. The van der Waals surface area contributed by atoms with Gasteiger partial charge in [0.05, 0.1) is 19.6 Å². The SMILES string of the molecule is Cc1ccc(CNC(=O)CN2CCCC[C@H]2Cn2cncn2)s1. The number of thiophene rings is 1. The Labute approximate surface area is 140 Å². The molecule has 0 radical (unpaired) electrons. The van der Waals surface area contributed by atoms with Crippen LogP contribution in [0.15, 0.2) is 24.8 Å². The molecule has 6 nitrogen and oxygen atoms in total. The zero-order valence-electron chi connectivity index (χ0n) is 13.4. The number of carbonyl (C=O) groups excluding carboxylic acids is 1. The van der Waals surface area contributed by atoms with Crippen molar-refractivity contribution in [3.8, 4) is 0 Å². The second-order valence-electron chi connectivity index (χ2n) is 6.03. The minimum atomic E-state index is 0.0987. The first kappa shape index (κ1) is 16.1. The lowest BCUT2D eigenvalue weighted by atomic mass is 10.0. The number of likely N-dealkylation sites (tertiary alicyclic amines) is 1. The van der Waals surface area contributed by atoms with Gasteiger partial charge in [-0.3, -0.25) is 14.4 Å². The summed E-state index contributed by atoms with van der Waals surface area (Å²) in [6.45, 7) is 4.95. The Bertz CT molecular complexity index is 624. The van der Waals surface area contributed by atoms with Crippen molar-refractivity contribution in [1.82, 2.24) is 25.0 Å². The average molecular weight is 333 g/mol. The highest BCUT2D eigenvalue weighted by Gasteiger charge is 2.24. The number of nitrogens with zero attached hydrogens (tertiary/aromatic N) is 4. The zero-order chi connectivity index (χ0) is 16.1. The van der Waals surface area contributed by atoms with Gasteiger partial charge in [-0.05, 0) is 38.4 Å². The first-order valence-electron chi connectivity index (χ1n) is 8.09. The first-order chi connectivity index (χ1) is 11.2. The normalized spacial score (nSPS) is 18.9. The molecule has 1 aliphatic rings. The van der Waals surface area contributed by atoms with Crippen LogP contribution >= 0.6 is 11.3 Å². The Balaban J connectivity index is 1.50. The van der Waals surface area contributed by atoms with Crippen molar-refractivity contribution in [2.45, 2.75) is 45.3 Å². The molecule has 0 saturated carbocycles. The van der Waals surface area contributed by atoms with Crippen LogP contribution < -0.4 is 5.32 Å². The zero-order valence-corrected chi connectivity index (χ0v) is 14.3. The fourth-order valence-electron chi connectivity index (χ4n) is 3.02. The fourth-order valence-corrected chi connectivity index (χ4v) is 3.85. The Hall–Kier alpha value is -1.73. The number of aromatic nitrogens is 3. The predicted octanol–water partition coefficient (Wildman–Crippen LogP) is 1.82. The van der Waals surface area contributed by atoms with Crippen molar-refractivity contribution in [1.29, 1.82) is 0 Å². The summed E-state index contributed by atoms with van der Waals surface area (Å²) in [7, 11) is 0. The first-order valence-corrected chi connectivity index (χ1v) is 8.91. The van der Waals surface area contributed by atoms with E-state index in [9.17, 15) is 4.79 Å². The lowest BCUT2D eigenvalue weighted by Gasteiger charge is -2.34. The van der Waals surface area contributed by atoms with Gasteiger partial charge in [0.15, 0.2) is 0 Å². The Kier molecular flexibility index (Phi) is 5.40. The maximum Gasteiger partial charge on any atom is 0.234 e. The molecule has 0 aromatic carbocycles. The molecule has 1 amide bonds. The van der Waals surface area contributed by atoms with E-state index >= 15 is 0 Å². The number of hydrogen-bond acceptors (Lipinski definition) is 5. The molecule has 1 N–H and O–H groups in total. The van der Waals surface area contributed by atoms with Crippen LogP contribution in [0.1, 0.15) is 29.0 Å². The molecule has 3 heterocycles. The summed E-state index contributed by atoms with van der Waals surface area (Å²) in [6, 6.07) is 4.53. The third-order valence-corrected chi connectivity index (χ3v) is 5.22. The molecule has 2 aromatic rings. The Morgan fingerprint density at radius 2 is 2.35 bits per heavy atom. The molecule has 124 valence electrons. The molecule has 1 aliphatic heterocycles. The van der Waals surface area contributed by atoms with Gasteiger partial charge >= 0.3 is 0 Å². The van der Waals surface area contributed by atoms with Crippen LogP contribution in [0.25, 0.3) is 0 Å². The molecule has 7 heteroatoms. The lowest BCUT2D eigenvalue weighted by molar-refractivity contribution is -0.123. The van der Waals surface area contributed by atoms with Gasteiger partial charge in [0.2, 0.25) is 5.91 Å². The highest BCUT2D eigenvalue weighted by molar-refractivity contribution is 7.11. The second-order valence-corrected chi connectivity index (χ2v) is 7.40. The van der Waals surface area contributed by atoms with Crippen LogP contribution in [-0.2, 0) is 17.9 Å². The number of carbonyl (C=O) groups is 1. The third-order valence-electron chi connectivity index (χ3n) is 4.22. The van der Waals surface area contributed by atoms with Crippen molar-refractivity contribution < 1.29 is 4.79 Å². The molecule has 1 atom stereocenters. The molecule has 0 bridgehead atoms. The largest absolute Gasteiger partial charge is 0.350 e. The van der Waals surface area contributed by atoms with Gasteiger partial charge in [-0.25, -0.2) is 4.98 Å². The number of piperidine rings is 1. The smallest absolute Gasteiger partial charge is 0.234 e. The van der Waals surface area contributed by atoms with Crippen LogP contribution in [-0.4, -0.2) is 44.7 Å². The highest BCUT2D eigenvalue weighted by atomic mass is 32.1. The topological polar surface area (TPSA) is 63.1 Å². The quantitative estimate of drug-likeness (QED) is 0.876. The van der Waals surface area contributed by atoms with Gasteiger partial charge in [-0.1, -0.05) is 6.42 Å². The summed E-state index contributed by atoms with van der Waals surface area (Å²) in [4.78, 5) is 21.0. The highest BCUT2D eigenvalue weighted by Crippen LogP contribution is 2.18. The fraction of sp³-hybridized carbons (Fsp3) is 0.562. The maximum atomic E-state index is 12.3. The van der Waals surface area contributed by atoms with E-state index in [-0.39, 0.29) is 5.91 Å². The van der Waals surface area contributed by atoms with E-state index in [0.29, 0.717) is 19.1 Å². The van der Waals surface area contributed by atoms with Crippen LogP contribution in [0.5, 0.6) is 0 Å². The number of aryl methyl sites for hydroxylation is 1. The van der Waals surface area contributed by atoms with Crippen LogP contribution in [0.2, 0.25) is 0 Å². The molecule has 1 fully saturated rings. The molecule has 0 aliphatic carbocycles. The van der Waals surface area contributed by atoms with Crippen molar-refractivity contribution in [2.24, 2.45) is 0 Å². The number of rotatable bonds is 6. The van der Waals surface area contributed by atoms with Crippen LogP contribution in [0, 0.1) is 6.92 Å². The number of nitrogens with one attached hydrogen (secondary N) is 1. The minimum absolute atomic E-state index is 0.0987. The molecule has 1 saturated heterocycles. The monoisotopic (exact) mass is 333 g/mol. The second kappa shape index (κ2) is 7.70. The van der Waals surface area contributed by atoms with E-state index in [4.69, 9.17) is 0 Å². The summed E-state index contributed by atoms with van der Waals surface area (Å²) in [5, 5.41) is 7.22. The number of amides is 1. The summed E-state index contributed by atoms with van der Waals surface area (Å²) in [6.07, 6.45) is 6.78. The van der Waals surface area contributed by atoms with E-state index in [0.717, 1.165) is 25.9 Å². The molecule has 0 spiro atoms. The van der Waals surface area contributed by atoms with Gasteiger partial charge in [-0.2, -0.15) is 5.10 Å². The minimum Gasteiger partial charge on any atom is -0.350 e. The lowest BCUT2D eigenvalue weighted by Crippen LogP contribution is -2.47. The van der Waals surface area contributed by atoms with E-state index in [1.807, 2.05) is 4.68 Å². The van der Waals surface area contributed by atoms with Gasteiger partial charge < -0.3 is 5.32 Å². The molecule has 23 heavy (non-hydrogen) atoms. The van der Waals surface area contributed by atoms with E-state index < -0.39 is 0 Å². The van der Waals surface area contributed by atoms with Crippen molar-refractivity contribution in [3.05, 3.63) is 34.5 Å². The number of hydrogen-bond donors (Lipinski definition) is 1. The van der Waals surface area contributed by atoms with E-state index in [1.165, 1.54) is 16.2 Å². The van der Waals surface area contributed by atoms with E-state index in [1.54, 1.807) is 24.0 Å². The summed E-state index contributed by atoms with van der Waals surface area (Å²) < 4.78 is 1.86. The van der Waals surface area contributed by atoms with Crippen molar-refractivity contribution in [3.63, 3.8) is 0 Å². The molecule has 2 aromatic heterocycles. The Morgan fingerprint density at radius 1 is 1.43 bits per heavy atom. The van der Waals surface area contributed by atoms with Crippen molar-refractivity contribution in [2.75, 3.05) is 13.1 Å². The maximum absolute atomic E-state index is 12.3. The van der Waals surface area contributed by atoms with Crippen LogP contribution in [0.3, 0.4) is 0 Å². The van der Waals surface area contributed by atoms with E-state index in [2.05, 4.69) is 39.4 Å². The summed E-state index contributed by atoms with van der Waals surface area (Å²) in [5.41, 5.74) is 0. The average Bonchev–Trinajstić information content (AvgIpc) is 3.19. The third kappa shape index (κ3) is 4.62. The van der Waals surface area contributed by atoms with Gasteiger partial charge in [0, 0.05) is 15.8 Å². The summed E-state index contributed by atoms with van der Waals surface area (Å²) >= 11 is 1.73.